The van der Waals surface area contributed by atoms with Crippen LogP contribution >= 0.6 is 0 Å². The van der Waals surface area contributed by atoms with Crippen LogP contribution in [0.5, 0.6) is 0 Å². The number of carbonyl (C=O) groups excluding carboxylic acids is 1. The molecule has 0 unspecified atom stereocenters. The molecule has 0 aliphatic carbocycles. The average Bonchev–Trinajstić information content (AvgIpc) is 2.36. The SMILES string of the molecule is CCOC(=O)/C(C#N)=C/c1ccccc1C#N. The van der Waals surface area contributed by atoms with Crippen molar-refractivity contribution >= 4 is 12.0 Å². The van der Waals surface area contributed by atoms with Gasteiger partial charge in [-0.3, -0.25) is 0 Å². The van der Waals surface area contributed by atoms with Gasteiger partial charge in [-0.15, -0.1) is 0 Å². The standard InChI is InChI=1S/C13H10N2O2/c1-2-17-13(16)12(9-15)7-10-5-3-4-6-11(10)8-14/h3-7H,2H2,1H3/b12-7+. The Kier molecular flexibility index (Phi) is 4.47. The normalized spacial score (nSPS) is 10.2. The summed E-state index contributed by atoms with van der Waals surface area (Å²) in [5.74, 6) is -0.678. The molecule has 0 aliphatic rings. The summed E-state index contributed by atoms with van der Waals surface area (Å²) in [5, 5.41) is 17.7. The molecule has 84 valence electrons. The van der Waals surface area contributed by atoms with E-state index in [9.17, 15) is 4.79 Å². The van der Waals surface area contributed by atoms with Crippen LogP contribution < -0.4 is 0 Å². The van der Waals surface area contributed by atoms with Crippen molar-refractivity contribution in [1.29, 1.82) is 10.5 Å². The maximum absolute atomic E-state index is 11.4. The van der Waals surface area contributed by atoms with Crippen molar-refractivity contribution in [2.45, 2.75) is 6.92 Å². The smallest absolute Gasteiger partial charge is 0.348 e. The quantitative estimate of drug-likeness (QED) is 0.449. The van der Waals surface area contributed by atoms with Gasteiger partial charge in [-0.1, -0.05) is 18.2 Å². The molecular formula is C13H10N2O2. The summed E-state index contributed by atoms with van der Waals surface area (Å²) in [7, 11) is 0. The lowest BCUT2D eigenvalue weighted by Gasteiger charge is -2.00. The van der Waals surface area contributed by atoms with Crippen molar-refractivity contribution < 1.29 is 9.53 Å². The van der Waals surface area contributed by atoms with E-state index in [2.05, 4.69) is 0 Å². The molecule has 0 bridgehead atoms. The number of hydrogen-bond donors (Lipinski definition) is 0. The minimum absolute atomic E-state index is 0.116. The van der Waals surface area contributed by atoms with E-state index in [-0.39, 0.29) is 12.2 Å². The summed E-state index contributed by atoms with van der Waals surface area (Å²) >= 11 is 0. The summed E-state index contributed by atoms with van der Waals surface area (Å²) in [6, 6.07) is 10.5. The maximum Gasteiger partial charge on any atom is 0.348 e. The van der Waals surface area contributed by atoms with E-state index in [1.807, 2.05) is 6.07 Å². The first-order valence-electron chi connectivity index (χ1n) is 5.01. The Morgan fingerprint density at radius 2 is 2.12 bits per heavy atom. The number of ether oxygens (including phenoxy) is 1. The van der Waals surface area contributed by atoms with E-state index in [1.165, 1.54) is 6.08 Å². The number of benzene rings is 1. The van der Waals surface area contributed by atoms with E-state index in [1.54, 1.807) is 37.3 Å². The van der Waals surface area contributed by atoms with Crippen LogP contribution in [0.4, 0.5) is 0 Å². The van der Waals surface area contributed by atoms with Gasteiger partial charge in [0, 0.05) is 0 Å². The van der Waals surface area contributed by atoms with E-state index >= 15 is 0 Å². The zero-order chi connectivity index (χ0) is 12.7. The van der Waals surface area contributed by atoms with Crippen LogP contribution in [-0.2, 0) is 9.53 Å². The predicted octanol–water partition coefficient (Wildman–Crippen LogP) is 2.03. The molecule has 0 N–H and O–H groups in total. The largest absolute Gasteiger partial charge is 0.462 e. The molecule has 4 nitrogen and oxygen atoms in total. The highest BCUT2D eigenvalue weighted by atomic mass is 16.5. The fourth-order valence-corrected chi connectivity index (χ4v) is 1.23. The summed E-state index contributed by atoms with van der Waals surface area (Å²) in [5.41, 5.74) is 0.818. The molecule has 4 heteroatoms. The van der Waals surface area contributed by atoms with E-state index in [0.29, 0.717) is 11.1 Å². The molecule has 0 atom stereocenters. The van der Waals surface area contributed by atoms with Gasteiger partial charge in [-0.2, -0.15) is 10.5 Å². The number of rotatable bonds is 3. The van der Waals surface area contributed by atoms with Crippen molar-refractivity contribution in [3.8, 4) is 12.1 Å². The third-order valence-electron chi connectivity index (χ3n) is 2.00. The van der Waals surface area contributed by atoms with Gasteiger partial charge >= 0.3 is 5.97 Å². The number of esters is 1. The predicted molar refractivity (Wildman–Crippen MR) is 61.4 cm³/mol. The molecule has 17 heavy (non-hydrogen) atoms. The monoisotopic (exact) mass is 226 g/mol. The fraction of sp³-hybridized carbons (Fsp3) is 0.154. The average molecular weight is 226 g/mol. The van der Waals surface area contributed by atoms with Crippen LogP contribution in [0.25, 0.3) is 6.08 Å². The van der Waals surface area contributed by atoms with Gasteiger partial charge in [-0.25, -0.2) is 4.79 Å². The first kappa shape index (κ1) is 12.5. The number of hydrogen-bond acceptors (Lipinski definition) is 4. The van der Waals surface area contributed by atoms with Crippen LogP contribution in [0.2, 0.25) is 0 Å². The van der Waals surface area contributed by atoms with Gasteiger partial charge < -0.3 is 4.74 Å². The summed E-state index contributed by atoms with van der Waals surface area (Å²) in [6.45, 7) is 1.87. The zero-order valence-corrected chi connectivity index (χ0v) is 9.30. The van der Waals surface area contributed by atoms with Gasteiger partial charge in [-0.05, 0) is 24.6 Å². The minimum atomic E-state index is -0.678. The molecule has 0 heterocycles. The van der Waals surface area contributed by atoms with Crippen molar-refractivity contribution in [3.05, 3.63) is 41.0 Å². The summed E-state index contributed by atoms with van der Waals surface area (Å²) < 4.78 is 4.73. The third kappa shape index (κ3) is 3.19. The Morgan fingerprint density at radius 3 is 2.71 bits per heavy atom. The van der Waals surface area contributed by atoms with Gasteiger partial charge in [0.1, 0.15) is 11.6 Å². The Labute approximate surface area is 99.4 Å². The second-order valence-corrected chi connectivity index (χ2v) is 3.09. The molecule has 1 aromatic carbocycles. The molecule has 0 fully saturated rings. The lowest BCUT2D eigenvalue weighted by Crippen LogP contribution is -2.06. The summed E-state index contributed by atoms with van der Waals surface area (Å²) in [4.78, 5) is 11.4. The molecular weight excluding hydrogens is 216 g/mol. The van der Waals surface area contributed by atoms with E-state index in [4.69, 9.17) is 15.3 Å². The van der Waals surface area contributed by atoms with Crippen molar-refractivity contribution in [1.82, 2.24) is 0 Å². The van der Waals surface area contributed by atoms with Crippen LogP contribution in [0, 0.1) is 22.7 Å². The Morgan fingerprint density at radius 1 is 1.41 bits per heavy atom. The van der Waals surface area contributed by atoms with E-state index in [0.717, 1.165) is 0 Å². The number of nitriles is 2. The van der Waals surface area contributed by atoms with Crippen molar-refractivity contribution in [3.63, 3.8) is 0 Å². The molecule has 1 rings (SSSR count). The molecule has 0 spiro atoms. The van der Waals surface area contributed by atoms with Gasteiger partial charge in [0.25, 0.3) is 0 Å². The van der Waals surface area contributed by atoms with Crippen molar-refractivity contribution in [2.75, 3.05) is 6.61 Å². The first-order chi connectivity index (χ1) is 8.22. The van der Waals surface area contributed by atoms with Crippen molar-refractivity contribution in [2.24, 2.45) is 0 Å². The second kappa shape index (κ2) is 6.09. The van der Waals surface area contributed by atoms with Crippen LogP contribution in [0.15, 0.2) is 29.8 Å². The number of carbonyl (C=O) groups is 1. The summed E-state index contributed by atoms with van der Waals surface area (Å²) in [6.07, 6.45) is 1.36. The minimum Gasteiger partial charge on any atom is -0.462 e. The first-order valence-corrected chi connectivity index (χ1v) is 5.01. The molecule has 0 aromatic heterocycles. The fourth-order valence-electron chi connectivity index (χ4n) is 1.23. The highest BCUT2D eigenvalue weighted by molar-refractivity contribution is 5.98. The topological polar surface area (TPSA) is 73.9 Å². The van der Waals surface area contributed by atoms with Gasteiger partial charge in [0.2, 0.25) is 0 Å². The lowest BCUT2D eigenvalue weighted by molar-refractivity contribution is -0.137. The van der Waals surface area contributed by atoms with Gasteiger partial charge in [0.05, 0.1) is 18.2 Å². The van der Waals surface area contributed by atoms with Gasteiger partial charge in [0.15, 0.2) is 0 Å². The molecule has 0 saturated carbocycles. The number of nitrogens with zero attached hydrogens (tertiary/aromatic N) is 2. The Hall–Kier alpha value is -2.59. The molecule has 0 aliphatic heterocycles. The molecule has 1 aromatic rings. The zero-order valence-electron chi connectivity index (χ0n) is 9.30. The molecule has 0 saturated heterocycles. The van der Waals surface area contributed by atoms with Crippen LogP contribution in [0.1, 0.15) is 18.1 Å². The highest BCUT2D eigenvalue weighted by Gasteiger charge is 2.10. The third-order valence-corrected chi connectivity index (χ3v) is 2.00. The Bertz CT molecular complexity index is 533. The molecule has 0 amide bonds. The maximum atomic E-state index is 11.4. The van der Waals surface area contributed by atoms with Crippen LogP contribution in [-0.4, -0.2) is 12.6 Å². The molecule has 0 radical (unpaired) electrons. The van der Waals surface area contributed by atoms with E-state index < -0.39 is 5.97 Å². The second-order valence-electron chi connectivity index (χ2n) is 3.09. The highest BCUT2D eigenvalue weighted by Crippen LogP contribution is 2.12. The lowest BCUT2D eigenvalue weighted by atomic mass is 10.1. The van der Waals surface area contributed by atoms with Crippen LogP contribution in [0.3, 0.4) is 0 Å². The Balaban J connectivity index is 3.13.